The van der Waals surface area contributed by atoms with E-state index in [1.54, 1.807) is 0 Å². The molecule has 2 aromatic carbocycles. The summed E-state index contributed by atoms with van der Waals surface area (Å²) < 4.78 is 2.41. The van der Waals surface area contributed by atoms with Gasteiger partial charge in [0.05, 0.1) is 11.0 Å². The van der Waals surface area contributed by atoms with E-state index in [9.17, 15) is 0 Å². The summed E-state index contributed by atoms with van der Waals surface area (Å²) in [5.41, 5.74) is 3.47. The molecular formula is C26H35ClN2. The second-order valence-electron chi connectivity index (χ2n) is 8.12. The first-order chi connectivity index (χ1) is 14.3. The van der Waals surface area contributed by atoms with E-state index < -0.39 is 0 Å². The molecule has 0 N–H and O–H groups in total. The highest BCUT2D eigenvalue weighted by Crippen LogP contribution is 2.23. The van der Waals surface area contributed by atoms with Gasteiger partial charge in [0.15, 0.2) is 0 Å². The molecule has 156 valence electrons. The molecule has 0 bridgehead atoms. The Balaban J connectivity index is 1.52. The van der Waals surface area contributed by atoms with Crippen molar-refractivity contribution in [3.63, 3.8) is 0 Å². The van der Waals surface area contributed by atoms with Crippen LogP contribution in [0.15, 0.2) is 48.5 Å². The van der Waals surface area contributed by atoms with Gasteiger partial charge in [-0.3, -0.25) is 0 Å². The van der Waals surface area contributed by atoms with Crippen LogP contribution < -0.4 is 0 Å². The Labute approximate surface area is 181 Å². The fourth-order valence-corrected chi connectivity index (χ4v) is 4.28. The van der Waals surface area contributed by atoms with Gasteiger partial charge in [0.25, 0.3) is 0 Å². The highest BCUT2D eigenvalue weighted by molar-refractivity contribution is 6.31. The van der Waals surface area contributed by atoms with Crippen LogP contribution in [0.3, 0.4) is 0 Å². The number of para-hydroxylation sites is 2. The summed E-state index contributed by atoms with van der Waals surface area (Å²) in [5.74, 6) is 1.12. The second-order valence-corrected chi connectivity index (χ2v) is 8.53. The van der Waals surface area contributed by atoms with E-state index in [2.05, 4.69) is 47.9 Å². The minimum atomic E-state index is 0.784. The Kier molecular flexibility index (Phi) is 9.08. The van der Waals surface area contributed by atoms with Crippen molar-refractivity contribution in [3.05, 3.63) is 64.9 Å². The summed E-state index contributed by atoms with van der Waals surface area (Å²) in [5, 5.41) is 0.824. The van der Waals surface area contributed by atoms with Crippen LogP contribution in [-0.2, 0) is 13.0 Å². The lowest BCUT2D eigenvalue weighted by molar-refractivity contribution is 0.533. The summed E-state index contributed by atoms with van der Waals surface area (Å²) in [6.07, 6.45) is 14.4. The molecule has 0 aliphatic heterocycles. The molecule has 2 nitrogen and oxygen atoms in total. The van der Waals surface area contributed by atoms with E-state index in [0.717, 1.165) is 34.9 Å². The summed E-state index contributed by atoms with van der Waals surface area (Å²) in [7, 11) is 0. The quantitative estimate of drug-likeness (QED) is 0.259. The smallest absolute Gasteiger partial charge is 0.114 e. The number of hydrogen-bond acceptors (Lipinski definition) is 1. The summed E-state index contributed by atoms with van der Waals surface area (Å²) in [6.45, 7) is 3.32. The van der Waals surface area contributed by atoms with Crippen molar-refractivity contribution in [2.24, 2.45) is 0 Å². The van der Waals surface area contributed by atoms with Crippen molar-refractivity contribution in [2.45, 2.75) is 84.1 Å². The molecule has 0 spiro atoms. The van der Waals surface area contributed by atoms with Crippen LogP contribution >= 0.6 is 11.6 Å². The molecule has 0 radical (unpaired) electrons. The second kappa shape index (κ2) is 12.0. The number of aromatic nitrogens is 2. The molecule has 1 heterocycles. The van der Waals surface area contributed by atoms with Crippen LogP contribution in [0.25, 0.3) is 11.0 Å². The lowest BCUT2D eigenvalue weighted by Crippen LogP contribution is -2.05. The number of unbranched alkanes of at least 4 members (excludes halogenated alkanes) is 9. The average Bonchev–Trinajstić information content (AvgIpc) is 3.08. The molecule has 0 aliphatic rings. The third kappa shape index (κ3) is 6.60. The molecule has 3 rings (SSSR count). The fourth-order valence-electron chi connectivity index (χ4n) is 4.08. The van der Waals surface area contributed by atoms with Crippen molar-refractivity contribution >= 4 is 22.6 Å². The molecule has 29 heavy (non-hydrogen) atoms. The Morgan fingerprint density at radius 3 is 2.10 bits per heavy atom. The van der Waals surface area contributed by atoms with Gasteiger partial charge in [0, 0.05) is 18.0 Å². The molecule has 0 saturated carbocycles. The van der Waals surface area contributed by atoms with Gasteiger partial charge in [-0.25, -0.2) is 4.98 Å². The van der Waals surface area contributed by atoms with Crippen molar-refractivity contribution in [3.8, 4) is 0 Å². The van der Waals surface area contributed by atoms with Crippen molar-refractivity contribution in [1.82, 2.24) is 9.55 Å². The maximum Gasteiger partial charge on any atom is 0.114 e. The van der Waals surface area contributed by atoms with Gasteiger partial charge < -0.3 is 4.57 Å². The number of halogens is 1. The topological polar surface area (TPSA) is 17.8 Å². The maximum absolute atomic E-state index is 6.40. The van der Waals surface area contributed by atoms with E-state index in [4.69, 9.17) is 16.6 Å². The molecular weight excluding hydrogens is 376 g/mol. The molecule has 1 aromatic heterocycles. The van der Waals surface area contributed by atoms with Gasteiger partial charge in [0.1, 0.15) is 5.82 Å². The van der Waals surface area contributed by atoms with E-state index in [1.807, 2.05) is 12.1 Å². The Hall–Kier alpha value is -1.80. The Bertz CT molecular complexity index is 868. The predicted molar refractivity (Wildman–Crippen MR) is 126 cm³/mol. The largest absolute Gasteiger partial charge is 0.328 e. The van der Waals surface area contributed by atoms with Gasteiger partial charge in [-0.15, -0.1) is 0 Å². The molecule has 3 heteroatoms. The summed E-state index contributed by atoms with van der Waals surface area (Å²) in [6, 6.07) is 16.6. The highest BCUT2D eigenvalue weighted by Gasteiger charge is 2.12. The SMILES string of the molecule is CCCCCCCCCCCCn1c(Cc2ccccc2Cl)nc2ccccc21. The zero-order valence-corrected chi connectivity index (χ0v) is 18.6. The number of imidazole rings is 1. The van der Waals surface area contributed by atoms with Crippen LogP contribution in [-0.4, -0.2) is 9.55 Å². The number of benzene rings is 2. The molecule has 0 aliphatic carbocycles. The van der Waals surface area contributed by atoms with Crippen molar-refractivity contribution in [1.29, 1.82) is 0 Å². The monoisotopic (exact) mass is 410 g/mol. The van der Waals surface area contributed by atoms with E-state index in [1.165, 1.54) is 69.7 Å². The van der Waals surface area contributed by atoms with Gasteiger partial charge >= 0.3 is 0 Å². The molecule has 0 saturated heterocycles. The first-order valence-electron chi connectivity index (χ1n) is 11.5. The highest BCUT2D eigenvalue weighted by atomic mass is 35.5. The van der Waals surface area contributed by atoms with Crippen LogP contribution in [0.2, 0.25) is 5.02 Å². The minimum Gasteiger partial charge on any atom is -0.328 e. The van der Waals surface area contributed by atoms with Gasteiger partial charge in [-0.2, -0.15) is 0 Å². The van der Waals surface area contributed by atoms with E-state index in [0.29, 0.717) is 0 Å². The van der Waals surface area contributed by atoms with Crippen molar-refractivity contribution < 1.29 is 0 Å². The van der Waals surface area contributed by atoms with Crippen LogP contribution in [0, 0.1) is 0 Å². The molecule has 0 atom stereocenters. The summed E-state index contributed by atoms with van der Waals surface area (Å²) in [4.78, 5) is 4.92. The molecule has 0 amide bonds. The molecule has 0 unspecified atom stereocenters. The van der Waals surface area contributed by atoms with Gasteiger partial charge in [-0.05, 0) is 30.2 Å². The van der Waals surface area contributed by atoms with Crippen LogP contribution in [0.1, 0.15) is 82.5 Å². The van der Waals surface area contributed by atoms with E-state index >= 15 is 0 Å². The number of fused-ring (bicyclic) bond motifs is 1. The zero-order chi connectivity index (χ0) is 20.3. The third-order valence-electron chi connectivity index (χ3n) is 5.78. The lowest BCUT2D eigenvalue weighted by Gasteiger charge is -2.10. The first kappa shape index (κ1) is 21.9. The number of nitrogens with zero attached hydrogens (tertiary/aromatic N) is 2. The fraction of sp³-hybridized carbons (Fsp3) is 0.500. The Morgan fingerprint density at radius 1 is 0.759 bits per heavy atom. The Morgan fingerprint density at radius 2 is 1.38 bits per heavy atom. The minimum absolute atomic E-state index is 0.784. The zero-order valence-electron chi connectivity index (χ0n) is 17.9. The number of aryl methyl sites for hydroxylation is 1. The van der Waals surface area contributed by atoms with E-state index in [-0.39, 0.29) is 0 Å². The first-order valence-corrected chi connectivity index (χ1v) is 11.8. The van der Waals surface area contributed by atoms with Gasteiger partial charge in [-0.1, -0.05) is 107 Å². The number of rotatable bonds is 13. The third-order valence-corrected chi connectivity index (χ3v) is 6.14. The predicted octanol–water partition coefficient (Wildman–Crippen LogP) is 8.20. The standard InChI is InChI=1S/C26H35ClN2/c1-2-3-4-5-6-7-8-9-10-15-20-29-25-19-14-13-18-24(25)28-26(29)21-22-16-11-12-17-23(22)27/h11-14,16-19H,2-10,15,20-21H2,1H3. The van der Waals surface area contributed by atoms with Crippen LogP contribution in [0.5, 0.6) is 0 Å². The molecule has 0 fully saturated rings. The summed E-state index contributed by atoms with van der Waals surface area (Å²) >= 11 is 6.40. The number of hydrogen-bond donors (Lipinski definition) is 0. The van der Waals surface area contributed by atoms with Crippen molar-refractivity contribution in [2.75, 3.05) is 0 Å². The van der Waals surface area contributed by atoms with Gasteiger partial charge in [0.2, 0.25) is 0 Å². The molecule has 3 aromatic rings. The average molecular weight is 411 g/mol. The maximum atomic E-state index is 6.40. The lowest BCUT2D eigenvalue weighted by atomic mass is 10.1. The van der Waals surface area contributed by atoms with Crippen LogP contribution in [0.4, 0.5) is 0 Å². The normalized spacial score (nSPS) is 11.4.